The fraction of sp³-hybridized carbons (Fsp3) is 0.387. The van der Waals surface area contributed by atoms with Gasteiger partial charge in [-0.2, -0.15) is 0 Å². The summed E-state index contributed by atoms with van der Waals surface area (Å²) in [5, 5.41) is 12.1. The van der Waals surface area contributed by atoms with E-state index in [9.17, 15) is 9.90 Å². The molecule has 6 nitrogen and oxygen atoms in total. The molecule has 1 aliphatic heterocycles. The summed E-state index contributed by atoms with van der Waals surface area (Å²) in [5.74, 6) is -0.612. The van der Waals surface area contributed by atoms with Gasteiger partial charge in [0.2, 0.25) is 0 Å². The van der Waals surface area contributed by atoms with Gasteiger partial charge < -0.3 is 19.9 Å². The minimum Gasteiger partial charge on any atom is -0.392 e. The number of rotatable bonds is 9. The van der Waals surface area contributed by atoms with E-state index in [0.717, 1.165) is 22.3 Å². The Morgan fingerprint density at radius 3 is 2.15 bits per heavy atom. The molecule has 1 heterocycles. The van der Waals surface area contributed by atoms with E-state index in [2.05, 4.69) is 55.4 Å². The van der Waals surface area contributed by atoms with E-state index in [4.69, 9.17) is 44.3 Å². The molecule has 0 saturated carbocycles. The second-order valence-corrected chi connectivity index (χ2v) is 12.6. The highest BCUT2D eigenvalue weighted by molar-refractivity contribution is 6.76. The maximum Gasteiger partial charge on any atom is 0.272 e. The number of aliphatic hydroxyl groups is 1. The van der Waals surface area contributed by atoms with Crippen molar-refractivity contribution in [1.29, 1.82) is 0 Å². The van der Waals surface area contributed by atoms with Gasteiger partial charge in [-0.3, -0.25) is 9.69 Å². The number of carbonyl (C=O) groups excluding carboxylic acids is 1. The van der Waals surface area contributed by atoms with Gasteiger partial charge >= 0.3 is 0 Å². The second kappa shape index (κ2) is 13.7. The average molecular weight is 606 g/mol. The first-order valence-electron chi connectivity index (χ1n) is 13.3. The van der Waals surface area contributed by atoms with Gasteiger partial charge in [0, 0.05) is 30.6 Å². The lowest BCUT2D eigenvalue weighted by Crippen LogP contribution is -2.44. The van der Waals surface area contributed by atoms with Crippen molar-refractivity contribution >= 4 is 40.7 Å². The van der Waals surface area contributed by atoms with Crippen LogP contribution in [0.25, 0.3) is 0 Å². The number of hydrogen-bond donors (Lipinski definition) is 2. The molecular formula is C31H35Cl3N2O4. The maximum atomic E-state index is 11.9. The fourth-order valence-electron chi connectivity index (χ4n) is 4.83. The normalized spacial score (nSPS) is 22.2. The van der Waals surface area contributed by atoms with Crippen LogP contribution in [0.4, 0.5) is 0 Å². The predicted molar refractivity (Wildman–Crippen MR) is 159 cm³/mol. The molecule has 0 aromatic heterocycles. The van der Waals surface area contributed by atoms with Crippen molar-refractivity contribution in [1.82, 2.24) is 10.2 Å². The van der Waals surface area contributed by atoms with Crippen molar-refractivity contribution in [2.75, 3.05) is 13.6 Å². The van der Waals surface area contributed by atoms with E-state index in [1.165, 1.54) is 5.56 Å². The number of likely N-dealkylation sites (N-methyl/N-ethyl adjacent to an activating group) is 1. The smallest absolute Gasteiger partial charge is 0.272 e. The molecule has 9 heteroatoms. The molecule has 4 rings (SSSR count). The summed E-state index contributed by atoms with van der Waals surface area (Å²) in [6, 6.07) is 26.1. The highest BCUT2D eigenvalue weighted by atomic mass is 35.6. The zero-order valence-electron chi connectivity index (χ0n) is 22.8. The Kier molecular flexibility index (Phi) is 10.5. The van der Waals surface area contributed by atoms with Crippen molar-refractivity contribution < 1.29 is 19.4 Å². The Balaban J connectivity index is 1.53. The molecule has 0 spiro atoms. The summed E-state index contributed by atoms with van der Waals surface area (Å²) in [7, 11) is 2.11. The van der Waals surface area contributed by atoms with Gasteiger partial charge in [0.1, 0.15) is 0 Å². The summed E-state index contributed by atoms with van der Waals surface area (Å²) in [5.41, 5.74) is 4.84. The third-order valence-electron chi connectivity index (χ3n) is 7.50. The van der Waals surface area contributed by atoms with E-state index < -0.39 is 16.0 Å². The zero-order chi connectivity index (χ0) is 28.9. The molecule has 0 aliphatic carbocycles. The molecule has 1 amide bonds. The van der Waals surface area contributed by atoms with Crippen LogP contribution in [0, 0.1) is 5.92 Å². The highest BCUT2D eigenvalue weighted by Gasteiger charge is 2.39. The molecule has 40 heavy (non-hydrogen) atoms. The van der Waals surface area contributed by atoms with Crippen LogP contribution in [0.1, 0.15) is 60.1 Å². The molecule has 0 unspecified atom stereocenters. The van der Waals surface area contributed by atoms with Crippen LogP contribution >= 0.6 is 34.8 Å². The van der Waals surface area contributed by atoms with E-state index in [1.807, 2.05) is 54.6 Å². The lowest BCUT2D eigenvalue weighted by atomic mass is 9.89. The Bertz CT molecular complexity index is 1240. The first kappa shape index (κ1) is 30.8. The summed E-state index contributed by atoms with van der Waals surface area (Å²) >= 11 is 16.9. The molecule has 1 saturated heterocycles. The van der Waals surface area contributed by atoms with Gasteiger partial charge in [-0.15, -0.1) is 0 Å². The summed E-state index contributed by atoms with van der Waals surface area (Å²) in [6.07, 6.45) is -0.908. The monoisotopic (exact) mass is 604 g/mol. The largest absolute Gasteiger partial charge is 0.392 e. The maximum absolute atomic E-state index is 11.9. The Morgan fingerprint density at radius 2 is 1.55 bits per heavy atom. The van der Waals surface area contributed by atoms with Crippen molar-refractivity contribution in [3.63, 3.8) is 0 Å². The minimum absolute atomic E-state index is 0.00759. The molecule has 1 fully saturated rings. The Labute approximate surface area is 251 Å². The molecule has 0 radical (unpaired) electrons. The van der Waals surface area contributed by atoms with Crippen molar-refractivity contribution in [2.45, 2.75) is 55.3 Å². The highest BCUT2D eigenvalue weighted by Crippen LogP contribution is 2.42. The first-order valence-corrected chi connectivity index (χ1v) is 14.4. The number of halogens is 3. The standard InChI is InChI=1S/C31H35Cl3N2O4/c1-20-27(18-36(3)21(2)24-7-5-4-6-8-24)39-29(40-28(20)25-13-11-23(19-37)12-14-25)26-15-9-22(10-16-26)17-35-30(38)31(32,33)34/h4-16,20-21,27-29,37H,17-19H2,1-3H3,(H,35,38)/t20-,21+,27+,28+,29+/m1/s1. The van der Waals surface area contributed by atoms with E-state index >= 15 is 0 Å². The molecule has 214 valence electrons. The molecule has 2 N–H and O–H groups in total. The average Bonchev–Trinajstić information content (AvgIpc) is 2.96. The minimum atomic E-state index is -2.01. The number of hydrogen-bond acceptors (Lipinski definition) is 5. The molecule has 3 aromatic carbocycles. The predicted octanol–water partition coefficient (Wildman–Crippen LogP) is 6.65. The van der Waals surface area contributed by atoms with Crippen LogP contribution in [0.15, 0.2) is 78.9 Å². The fourth-order valence-corrected chi connectivity index (χ4v) is 5.03. The summed E-state index contributed by atoms with van der Waals surface area (Å²) in [6.45, 7) is 5.28. The number of aliphatic hydroxyl groups excluding tert-OH is 1. The third-order valence-corrected chi connectivity index (χ3v) is 8.01. The number of ether oxygens (including phenoxy) is 2. The number of nitrogens with zero attached hydrogens (tertiary/aromatic N) is 1. The number of alkyl halides is 3. The quantitative estimate of drug-likeness (QED) is 0.267. The van der Waals surface area contributed by atoms with Gasteiger partial charge in [0.15, 0.2) is 6.29 Å². The Morgan fingerprint density at radius 1 is 0.950 bits per heavy atom. The van der Waals surface area contributed by atoms with Crippen molar-refractivity contribution in [2.24, 2.45) is 5.92 Å². The lowest BCUT2D eigenvalue weighted by Gasteiger charge is -2.43. The first-order chi connectivity index (χ1) is 19.1. The van der Waals surface area contributed by atoms with Gasteiger partial charge in [-0.25, -0.2) is 0 Å². The van der Waals surface area contributed by atoms with E-state index in [0.29, 0.717) is 6.54 Å². The van der Waals surface area contributed by atoms with Crippen LogP contribution in [0.2, 0.25) is 0 Å². The van der Waals surface area contributed by atoms with Crippen LogP contribution < -0.4 is 5.32 Å². The van der Waals surface area contributed by atoms with Crippen molar-refractivity contribution in [3.8, 4) is 0 Å². The molecule has 0 bridgehead atoms. The second-order valence-electron chi connectivity index (χ2n) is 10.3. The number of carbonyl (C=O) groups is 1. The third kappa shape index (κ3) is 7.77. The van der Waals surface area contributed by atoms with Crippen LogP contribution in [-0.4, -0.2) is 39.4 Å². The molecular weight excluding hydrogens is 571 g/mol. The molecule has 3 aromatic rings. The van der Waals surface area contributed by atoms with Gasteiger partial charge in [-0.05, 0) is 36.2 Å². The van der Waals surface area contributed by atoms with Crippen LogP contribution in [0.3, 0.4) is 0 Å². The van der Waals surface area contributed by atoms with Crippen LogP contribution in [0.5, 0.6) is 0 Å². The number of benzene rings is 3. The summed E-state index contributed by atoms with van der Waals surface area (Å²) < 4.78 is 11.1. The summed E-state index contributed by atoms with van der Waals surface area (Å²) in [4.78, 5) is 14.2. The number of nitrogens with one attached hydrogen (secondary N) is 1. The van der Waals surface area contributed by atoms with Gasteiger partial charge in [-0.1, -0.05) is 121 Å². The van der Waals surface area contributed by atoms with Gasteiger partial charge in [0.25, 0.3) is 9.70 Å². The SMILES string of the molecule is C[C@@H]1[C@H](CN(C)[C@@H](C)c2ccccc2)O[C@H](c2ccc(CNC(=O)C(Cl)(Cl)Cl)cc2)O[C@@H]1c1ccc(CO)cc1. The lowest BCUT2D eigenvalue weighted by molar-refractivity contribution is -0.276. The van der Waals surface area contributed by atoms with Gasteiger partial charge in [0.05, 0.1) is 18.8 Å². The Hall–Kier alpha value is -2.16. The zero-order valence-corrected chi connectivity index (χ0v) is 25.0. The molecule has 5 atom stereocenters. The van der Waals surface area contributed by atoms with E-state index in [1.54, 1.807) is 0 Å². The molecule has 1 aliphatic rings. The van der Waals surface area contributed by atoms with E-state index in [-0.39, 0.29) is 37.3 Å². The number of amides is 1. The van der Waals surface area contributed by atoms with Crippen LogP contribution in [-0.2, 0) is 27.4 Å². The van der Waals surface area contributed by atoms with Crippen molar-refractivity contribution in [3.05, 3.63) is 107 Å². The topological polar surface area (TPSA) is 71.0 Å².